The predicted octanol–water partition coefficient (Wildman–Crippen LogP) is -1.04. The molecule has 1 fully saturated rings. The van der Waals surface area contributed by atoms with Crippen molar-refractivity contribution in [2.45, 2.75) is 6.10 Å². The fraction of sp³-hybridized carbons (Fsp3) is 0.800. The molecule has 1 aliphatic heterocycles. The minimum Gasteiger partial charge on any atom is -0.479 e. The molecular formula is C10H17NO6. The number of carboxylic acids is 1. The summed E-state index contributed by atoms with van der Waals surface area (Å²) in [5.74, 6) is -1.28. The van der Waals surface area contributed by atoms with E-state index in [1.807, 2.05) is 0 Å². The van der Waals surface area contributed by atoms with Crippen molar-refractivity contribution in [3.63, 3.8) is 0 Å². The Morgan fingerprint density at radius 2 is 2.24 bits per heavy atom. The smallest absolute Gasteiger partial charge is 0.334 e. The maximum atomic E-state index is 11.6. The van der Waals surface area contributed by atoms with Gasteiger partial charge in [-0.05, 0) is 0 Å². The van der Waals surface area contributed by atoms with Gasteiger partial charge in [0.1, 0.15) is 6.61 Å². The summed E-state index contributed by atoms with van der Waals surface area (Å²) in [4.78, 5) is 23.8. The highest BCUT2D eigenvalue weighted by molar-refractivity contribution is 5.79. The quantitative estimate of drug-likeness (QED) is 0.603. The molecule has 98 valence electrons. The number of amides is 1. The van der Waals surface area contributed by atoms with Gasteiger partial charge in [0.15, 0.2) is 6.10 Å². The Morgan fingerprint density at radius 3 is 2.88 bits per heavy atom. The lowest BCUT2D eigenvalue weighted by molar-refractivity contribution is -0.160. The van der Waals surface area contributed by atoms with Gasteiger partial charge < -0.3 is 24.2 Å². The highest BCUT2D eigenvalue weighted by atomic mass is 16.5. The molecule has 0 saturated carbocycles. The van der Waals surface area contributed by atoms with Crippen molar-refractivity contribution in [1.82, 2.24) is 4.90 Å². The lowest BCUT2D eigenvalue weighted by Gasteiger charge is -2.30. The zero-order valence-corrected chi connectivity index (χ0v) is 9.76. The van der Waals surface area contributed by atoms with Crippen LogP contribution in [0.15, 0.2) is 0 Å². The summed E-state index contributed by atoms with van der Waals surface area (Å²) in [6.07, 6.45) is -0.938. The number of nitrogens with zero attached hydrogens (tertiary/aromatic N) is 1. The van der Waals surface area contributed by atoms with Crippen LogP contribution >= 0.6 is 0 Å². The molecule has 7 heteroatoms. The molecule has 0 spiro atoms. The number of carbonyl (C=O) groups excluding carboxylic acids is 1. The Hall–Kier alpha value is -1.18. The van der Waals surface area contributed by atoms with Crippen LogP contribution in [0.4, 0.5) is 0 Å². The number of morpholine rings is 1. The van der Waals surface area contributed by atoms with E-state index in [1.54, 1.807) is 7.11 Å². The third-order valence-electron chi connectivity index (χ3n) is 2.35. The molecule has 0 aliphatic carbocycles. The first kappa shape index (κ1) is 13.9. The van der Waals surface area contributed by atoms with Crippen LogP contribution in [0.25, 0.3) is 0 Å². The van der Waals surface area contributed by atoms with Crippen molar-refractivity contribution in [3.8, 4) is 0 Å². The van der Waals surface area contributed by atoms with Gasteiger partial charge in [0.05, 0.1) is 26.4 Å². The topological polar surface area (TPSA) is 85.3 Å². The average Bonchev–Trinajstić information content (AvgIpc) is 2.34. The molecule has 1 unspecified atom stereocenters. The molecule has 1 atom stereocenters. The van der Waals surface area contributed by atoms with E-state index in [1.165, 1.54) is 4.90 Å². The van der Waals surface area contributed by atoms with Crippen LogP contribution in [0.2, 0.25) is 0 Å². The van der Waals surface area contributed by atoms with Crippen LogP contribution in [0.3, 0.4) is 0 Å². The third kappa shape index (κ3) is 4.68. The molecule has 7 nitrogen and oxygen atoms in total. The minimum atomic E-state index is -1.05. The second-order valence-corrected chi connectivity index (χ2v) is 3.58. The molecule has 1 N–H and O–H groups in total. The number of aliphatic carboxylic acids is 1. The molecule has 17 heavy (non-hydrogen) atoms. The number of methoxy groups -OCH3 is 1. The Bertz CT molecular complexity index is 270. The molecule has 0 aromatic rings. The molecule has 1 rings (SSSR count). The number of hydrogen-bond acceptors (Lipinski definition) is 5. The van der Waals surface area contributed by atoms with Gasteiger partial charge in [-0.25, -0.2) is 4.79 Å². The van der Waals surface area contributed by atoms with E-state index in [4.69, 9.17) is 19.3 Å². The monoisotopic (exact) mass is 247 g/mol. The van der Waals surface area contributed by atoms with Gasteiger partial charge in [-0.15, -0.1) is 0 Å². The summed E-state index contributed by atoms with van der Waals surface area (Å²) in [6, 6.07) is 0. The largest absolute Gasteiger partial charge is 0.479 e. The van der Waals surface area contributed by atoms with Gasteiger partial charge >= 0.3 is 5.97 Å². The van der Waals surface area contributed by atoms with Gasteiger partial charge in [-0.2, -0.15) is 0 Å². The maximum Gasteiger partial charge on any atom is 0.334 e. The summed E-state index contributed by atoms with van der Waals surface area (Å²) in [7, 11) is 1.55. The van der Waals surface area contributed by atoms with Crippen molar-refractivity contribution in [2.24, 2.45) is 0 Å². The maximum absolute atomic E-state index is 11.6. The van der Waals surface area contributed by atoms with Crippen LogP contribution in [0, 0.1) is 0 Å². The molecule has 0 radical (unpaired) electrons. The molecule has 0 bridgehead atoms. The molecule has 0 aromatic carbocycles. The standard InChI is InChI=1S/C10H17NO6/c1-15-4-5-16-7-9(12)11-2-3-17-8(6-11)10(13)14/h8H,2-7H2,1H3,(H,13,14). The molecule has 1 saturated heterocycles. The van der Waals surface area contributed by atoms with E-state index in [0.29, 0.717) is 19.8 Å². The first-order valence-corrected chi connectivity index (χ1v) is 5.34. The zero-order chi connectivity index (χ0) is 12.7. The minimum absolute atomic E-state index is 0.0598. The summed E-state index contributed by atoms with van der Waals surface area (Å²) in [5.41, 5.74) is 0. The third-order valence-corrected chi connectivity index (χ3v) is 2.35. The van der Waals surface area contributed by atoms with Crippen molar-refractivity contribution in [2.75, 3.05) is 46.6 Å². The van der Waals surface area contributed by atoms with E-state index >= 15 is 0 Å². The summed E-state index contributed by atoms with van der Waals surface area (Å²) in [5, 5.41) is 8.77. The van der Waals surface area contributed by atoms with Crippen molar-refractivity contribution < 1.29 is 28.9 Å². The Balaban J connectivity index is 2.28. The van der Waals surface area contributed by atoms with Crippen LogP contribution < -0.4 is 0 Å². The van der Waals surface area contributed by atoms with Gasteiger partial charge in [-0.3, -0.25) is 4.79 Å². The number of hydrogen-bond donors (Lipinski definition) is 1. The van der Waals surface area contributed by atoms with Crippen molar-refractivity contribution in [1.29, 1.82) is 0 Å². The van der Waals surface area contributed by atoms with Gasteiger partial charge in [0.2, 0.25) is 5.91 Å². The number of carboxylic acid groups (broad SMARTS) is 1. The van der Waals surface area contributed by atoms with Crippen LogP contribution in [0.1, 0.15) is 0 Å². The van der Waals surface area contributed by atoms with Gasteiger partial charge in [0.25, 0.3) is 0 Å². The highest BCUT2D eigenvalue weighted by Crippen LogP contribution is 2.05. The molecule has 1 amide bonds. The fourth-order valence-electron chi connectivity index (χ4n) is 1.42. The first-order valence-electron chi connectivity index (χ1n) is 5.34. The second kappa shape index (κ2) is 7.21. The average molecular weight is 247 g/mol. The van der Waals surface area contributed by atoms with Gasteiger partial charge in [-0.1, -0.05) is 0 Å². The normalized spacial score (nSPS) is 20.3. The lowest BCUT2D eigenvalue weighted by Crippen LogP contribution is -2.49. The SMILES string of the molecule is COCCOCC(=O)N1CCOC(C(=O)O)C1. The summed E-state index contributed by atoms with van der Waals surface area (Å²) >= 11 is 0. The lowest BCUT2D eigenvalue weighted by atomic mass is 10.2. The Kier molecular flexibility index (Phi) is 5.88. The molecule has 1 heterocycles. The molecule has 1 aliphatic rings. The van der Waals surface area contributed by atoms with Crippen LogP contribution in [-0.2, 0) is 23.8 Å². The number of rotatable bonds is 6. The van der Waals surface area contributed by atoms with E-state index in [2.05, 4.69) is 0 Å². The Morgan fingerprint density at radius 1 is 1.47 bits per heavy atom. The molecular weight excluding hydrogens is 230 g/mol. The van der Waals surface area contributed by atoms with E-state index < -0.39 is 12.1 Å². The van der Waals surface area contributed by atoms with Crippen molar-refractivity contribution in [3.05, 3.63) is 0 Å². The Labute approximate surface area is 99.2 Å². The fourth-order valence-corrected chi connectivity index (χ4v) is 1.42. The van der Waals surface area contributed by atoms with E-state index in [-0.39, 0.29) is 25.7 Å². The molecule has 0 aromatic heterocycles. The number of carbonyl (C=O) groups is 2. The second-order valence-electron chi connectivity index (χ2n) is 3.58. The van der Waals surface area contributed by atoms with Crippen LogP contribution in [-0.4, -0.2) is 74.6 Å². The van der Waals surface area contributed by atoms with E-state index in [9.17, 15) is 9.59 Å². The zero-order valence-electron chi connectivity index (χ0n) is 9.76. The first-order chi connectivity index (χ1) is 8.15. The highest BCUT2D eigenvalue weighted by Gasteiger charge is 2.28. The number of ether oxygens (including phenoxy) is 3. The predicted molar refractivity (Wildman–Crippen MR) is 56.7 cm³/mol. The summed E-state index contributed by atoms with van der Waals surface area (Å²) in [6.45, 7) is 1.41. The van der Waals surface area contributed by atoms with Crippen LogP contribution in [0.5, 0.6) is 0 Å². The van der Waals surface area contributed by atoms with Gasteiger partial charge in [0, 0.05) is 13.7 Å². The van der Waals surface area contributed by atoms with Crippen molar-refractivity contribution >= 4 is 11.9 Å². The van der Waals surface area contributed by atoms with E-state index in [0.717, 1.165) is 0 Å². The summed E-state index contributed by atoms with van der Waals surface area (Å²) < 4.78 is 14.9.